The molecule has 0 radical (unpaired) electrons. The summed E-state index contributed by atoms with van der Waals surface area (Å²) in [6.45, 7) is 1.82. The maximum absolute atomic E-state index is 13.1. The van der Waals surface area contributed by atoms with E-state index in [-0.39, 0.29) is 23.1 Å². The third-order valence-corrected chi connectivity index (χ3v) is 5.86. The van der Waals surface area contributed by atoms with Crippen molar-refractivity contribution in [3.05, 3.63) is 89.1 Å². The van der Waals surface area contributed by atoms with Gasteiger partial charge in [0.05, 0.1) is 5.56 Å². The number of hydrogen-bond donors (Lipinski definition) is 2. The van der Waals surface area contributed by atoms with E-state index in [1.54, 1.807) is 0 Å². The quantitative estimate of drug-likeness (QED) is 0.493. The molecule has 0 saturated carbocycles. The van der Waals surface area contributed by atoms with Gasteiger partial charge in [-0.3, -0.25) is 14.5 Å². The van der Waals surface area contributed by atoms with Crippen LogP contribution in [0.1, 0.15) is 44.8 Å². The first kappa shape index (κ1) is 25.2. The van der Waals surface area contributed by atoms with Gasteiger partial charge >= 0.3 is 6.18 Å². The fourth-order valence-electron chi connectivity index (χ4n) is 3.92. The molecule has 2 aromatic carbocycles. The van der Waals surface area contributed by atoms with Gasteiger partial charge in [0.2, 0.25) is 0 Å². The number of hydrogen-bond acceptors (Lipinski definition) is 5. The summed E-state index contributed by atoms with van der Waals surface area (Å²) in [6, 6.07) is 9.93. The van der Waals surface area contributed by atoms with Crippen LogP contribution in [0.25, 0.3) is 0 Å². The predicted molar refractivity (Wildman–Crippen MR) is 124 cm³/mol. The summed E-state index contributed by atoms with van der Waals surface area (Å²) in [7, 11) is 0. The largest absolute Gasteiger partial charge is 0.416 e. The molecule has 0 bridgehead atoms. The van der Waals surface area contributed by atoms with E-state index in [1.165, 1.54) is 36.7 Å². The molecule has 3 aromatic rings. The van der Waals surface area contributed by atoms with Crippen LogP contribution in [-0.2, 0) is 12.7 Å². The molecule has 1 fully saturated rings. The summed E-state index contributed by atoms with van der Waals surface area (Å²) in [4.78, 5) is 35.5. The minimum atomic E-state index is -4.36. The maximum atomic E-state index is 13.1. The maximum Gasteiger partial charge on any atom is 0.416 e. The van der Waals surface area contributed by atoms with Crippen LogP contribution in [0.4, 0.5) is 23.4 Å². The van der Waals surface area contributed by atoms with Gasteiger partial charge in [-0.25, -0.2) is 14.4 Å². The van der Waals surface area contributed by atoms with Gasteiger partial charge in [0.25, 0.3) is 11.8 Å². The van der Waals surface area contributed by atoms with Crippen molar-refractivity contribution in [2.45, 2.75) is 31.6 Å². The Morgan fingerprint density at radius 3 is 2.19 bits per heavy atom. The van der Waals surface area contributed by atoms with Gasteiger partial charge in [-0.15, -0.1) is 0 Å². The molecule has 0 aliphatic carbocycles. The number of alkyl halides is 3. The Kier molecular flexibility index (Phi) is 7.58. The van der Waals surface area contributed by atoms with Crippen LogP contribution in [0.2, 0.25) is 0 Å². The van der Waals surface area contributed by atoms with Gasteiger partial charge < -0.3 is 10.6 Å². The second-order valence-electron chi connectivity index (χ2n) is 8.43. The lowest BCUT2D eigenvalue weighted by atomic mass is 10.0. The van der Waals surface area contributed by atoms with Gasteiger partial charge in [-0.1, -0.05) is 12.1 Å². The van der Waals surface area contributed by atoms with E-state index in [0.29, 0.717) is 32.5 Å². The molecule has 0 atom stereocenters. The number of carbonyl (C=O) groups excluding carboxylic acids is 2. The molecular weight excluding hydrogens is 478 g/mol. The Balaban J connectivity index is 1.31. The Morgan fingerprint density at radius 1 is 0.917 bits per heavy atom. The first-order valence-corrected chi connectivity index (χ1v) is 11.3. The molecular formula is C25H23F4N5O2. The van der Waals surface area contributed by atoms with Gasteiger partial charge in [-0.05, 0) is 54.8 Å². The molecule has 36 heavy (non-hydrogen) atoms. The predicted octanol–water partition coefficient (Wildman–Crippen LogP) is 4.28. The molecule has 11 heteroatoms. The Hall–Kier alpha value is -3.86. The highest BCUT2D eigenvalue weighted by atomic mass is 19.4. The monoisotopic (exact) mass is 501 g/mol. The second kappa shape index (κ2) is 10.8. The molecule has 4 rings (SSSR count). The van der Waals surface area contributed by atoms with Gasteiger partial charge in [0.1, 0.15) is 5.82 Å². The summed E-state index contributed by atoms with van der Waals surface area (Å²) in [5.74, 6) is -1.53. The number of rotatable bonds is 6. The molecule has 188 valence electrons. The van der Waals surface area contributed by atoms with Gasteiger partial charge in [0, 0.05) is 43.6 Å². The van der Waals surface area contributed by atoms with E-state index < -0.39 is 29.4 Å². The summed E-state index contributed by atoms with van der Waals surface area (Å²) in [6.07, 6.45) is -0.387. The topological polar surface area (TPSA) is 87.2 Å². The highest BCUT2D eigenvalue weighted by Gasteiger charge is 2.30. The van der Waals surface area contributed by atoms with Gasteiger partial charge in [-0.2, -0.15) is 13.2 Å². The molecule has 2 heterocycles. The Morgan fingerprint density at radius 2 is 1.56 bits per heavy atom. The van der Waals surface area contributed by atoms with Crippen LogP contribution >= 0.6 is 0 Å². The number of halogens is 4. The van der Waals surface area contributed by atoms with Crippen molar-refractivity contribution >= 4 is 17.6 Å². The Bertz CT molecular complexity index is 1210. The first-order chi connectivity index (χ1) is 17.2. The lowest BCUT2D eigenvalue weighted by Gasteiger charge is -2.32. The second-order valence-corrected chi connectivity index (χ2v) is 8.43. The molecule has 1 aromatic heterocycles. The number of benzene rings is 2. The molecule has 1 saturated heterocycles. The SMILES string of the molecule is O=C(Nc1nccnc1C(=O)NC1CCN(Cc2ccc(C(F)(F)F)cc2)CC1)c1ccc(F)cc1. The summed E-state index contributed by atoms with van der Waals surface area (Å²) < 4.78 is 51.3. The zero-order valence-corrected chi connectivity index (χ0v) is 19.1. The van der Waals surface area contributed by atoms with Gasteiger partial charge in [0.15, 0.2) is 11.5 Å². The van der Waals surface area contributed by atoms with Crippen LogP contribution < -0.4 is 10.6 Å². The van der Waals surface area contributed by atoms with Crippen LogP contribution in [0, 0.1) is 5.82 Å². The fourth-order valence-corrected chi connectivity index (χ4v) is 3.92. The summed E-state index contributed by atoms with van der Waals surface area (Å²) in [5.41, 5.74) is 0.269. The zero-order valence-electron chi connectivity index (χ0n) is 19.1. The van der Waals surface area contributed by atoms with Crippen molar-refractivity contribution in [3.8, 4) is 0 Å². The summed E-state index contributed by atoms with van der Waals surface area (Å²) >= 11 is 0. The molecule has 2 amide bonds. The number of aromatic nitrogens is 2. The lowest BCUT2D eigenvalue weighted by molar-refractivity contribution is -0.137. The number of anilines is 1. The average Bonchev–Trinajstić information content (AvgIpc) is 2.86. The smallest absolute Gasteiger partial charge is 0.348 e. The standard InChI is InChI=1S/C25H23F4N5O2/c26-19-7-3-17(4-8-19)23(35)33-22-21(30-11-12-31-22)24(36)32-20-9-13-34(14-10-20)15-16-1-5-18(6-2-16)25(27,28)29/h1-8,11-12,20H,9-10,13-15H2,(H,32,36)(H,31,33,35). The molecule has 1 aliphatic heterocycles. The van der Waals surface area contributed by atoms with E-state index in [0.717, 1.165) is 29.8 Å². The number of nitrogens with zero attached hydrogens (tertiary/aromatic N) is 3. The number of carbonyl (C=O) groups is 2. The number of piperidine rings is 1. The normalized spacial score (nSPS) is 14.9. The first-order valence-electron chi connectivity index (χ1n) is 11.3. The third-order valence-electron chi connectivity index (χ3n) is 5.86. The van der Waals surface area contributed by atoms with Crippen molar-refractivity contribution in [1.29, 1.82) is 0 Å². The molecule has 0 spiro atoms. The molecule has 1 aliphatic rings. The highest BCUT2D eigenvalue weighted by molar-refractivity contribution is 6.07. The minimum Gasteiger partial charge on any atom is -0.348 e. The van der Waals surface area contributed by atoms with Crippen molar-refractivity contribution in [2.24, 2.45) is 0 Å². The molecule has 0 unspecified atom stereocenters. The van der Waals surface area contributed by atoms with Crippen LogP contribution in [0.3, 0.4) is 0 Å². The van der Waals surface area contributed by atoms with Crippen LogP contribution in [0.5, 0.6) is 0 Å². The van der Waals surface area contributed by atoms with Crippen molar-refractivity contribution < 1.29 is 27.2 Å². The van der Waals surface area contributed by atoms with E-state index in [9.17, 15) is 27.2 Å². The Labute approximate surface area is 204 Å². The summed E-state index contributed by atoms with van der Waals surface area (Å²) in [5, 5.41) is 5.45. The number of amides is 2. The van der Waals surface area contributed by atoms with E-state index in [4.69, 9.17) is 0 Å². The lowest BCUT2D eigenvalue weighted by Crippen LogP contribution is -2.44. The average molecular weight is 501 g/mol. The van der Waals surface area contributed by atoms with Crippen molar-refractivity contribution in [2.75, 3.05) is 18.4 Å². The third kappa shape index (κ3) is 6.42. The van der Waals surface area contributed by atoms with Crippen molar-refractivity contribution in [1.82, 2.24) is 20.2 Å². The van der Waals surface area contributed by atoms with E-state index >= 15 is 0 Å². The molecule has 2 N–H and O–H groups in total. The van der Waals surface area contributed by atoms with Crippen LogP contribution in [-0.4, -0.2) is 45.8 Å². The highest BCUT2D eigenvalue weighted by Crippen LogP contribution is 2.29. The zero-order chi connectivity index (χ0) is 25.7. The molecule has 7 nitrogen and oxygen atoms in total. The van der Waals surface area contributed by atoms with Crippen LogP contribution in [0.15, 0.2) is 60.9 Å². The fraction of sp³-hybridized carbons (Fsp3) is 0.280. The number of nitrogens with one attached hydrogen (secondary N) is 2. The van der Waals surface area contributed by atoms with E-state index in [1.807, 2.05) is 0 Å². The van der Waals surface area contributed by atoms with Crippen molar-refractivity contribution in [3.63, 3.8) is 0 Å². The minimum absolute atomic E-state index is 0.0101. The van der Waals surface area contributed by atoms with E-state index in [2.05, 4.69) is 25.5 Å². The number of likely N-dealkylation sites (tertiary alicyclic amines) is 1.